The van der Waals surface area contributed by atoms with Crippen molar-refractivity contribution in [1.82, 2.24) is 10.2 Å². The summed E-state index contributed by atoms with van der Waals surface area (Å²) in [5.74, 6) is -1.77. The number of nitrogens with zero attached hydrogens (tertiary/aromatic N) is 1. The van der Waals surface area contributed by atoms with Gasteiger partial charge in [-0.05, 0) is 17.7 Å². The van der Waals surface area contributed by atoms with Crippen LogP contribution in [-0.2, 0) is 40.2 Å². The summed E-state index contributed by atoms with van der Waals surface area (Å²) in [6.45, 7) is 0.897. The van der Waals surface area contributed by atoms with Gasteiger partial charge in [-0.3, -0.25) is 19.3 Å². The van der Waals surface area contributed by atoms with Crippen LogP contribution in [0.4, 0.5) is 0 Å². The smallest absolute Gasteiger partial charge is 0.302 e. The lowest BCUT2D eigenvalue weighted by atomic mass is 10.0. The summed E-state index contributed by atoms with van der Waals surface area (Å²) in [6, 6.07) is 6.99. The Morgan fingerprint density at radius 1 is 1.20 bits per heavy atom. The van der Waals surface area contributed by atoms with Crippen molar-refractivity contribution in [2.24, 2.45) is 0 Å². The summed E-state index contributed by atoms with van der Waals surface area (Å²) in [5, 5.41) is 1.40. The Hall–Kier alpha value is -2.92. The van der Waals surface area contributed by atoms with Gasteiger partial charge in [-0.15, -0.1) is 0 Å². The van der Waals surface area contributed by atoms with Crippen LogP contribution >= 0.6 is 0 Å². The number of hydrogen-bond acceptors (Lipinski definition) is 8. The molecule has 0 unspecified atom stereocenters. The lowest BCUT2D eigenvalue weighted by Crippen LogP contribution is -2.71. The second-order valence-corrected chi connectivity index (χ2v) is 8.92. The number of sulfone groups is 1. The van der Waals surface area contributed by atoms with Gasteiger partial charge in [0.25, 0.3) is 11.8 Å². The third-order valence-electron chi connectivity index (χ3n) is 4.84. The van der Waals surface area contributed by atoms with Crippen LogP contribution in [0.2, 0.25) is 0 Å². The summed E-state index contributed by atoms with van der Waals surface area (Å²) in [4.78, 5) is 37.5. The van der Waals surface area contributed by atoms with Crippen LogP contribution in [0.1, 0.15) is 12.5 Å². The molecule has 162 valence electrons. The Bertz CT molecular complexity index is 1000. The van der Waals surface area contributed by atoms with Gasteiger partial charge < -0.3 is 19.5 Å². The molecule has 2 amide bonds. The van der Waals surface area contributed by atoms with Gasteiger partial charge in [0.05, 0.1) is 12.9 Å². The van der Waals surface area contributed by atoms with Gasteiger partial charge in [0.2, 0.25) is 0 Å². The number of nitrogens with one attached hydrogen (secondary N) is 1. The molecule has 1 fully saturated rings. The van der Waals surface area contributed by atoms with Crippen LogP contribution in [0.3, 0.4) is 0 Å². The van der Waals surface area contributed by atoms with E-state index in [1.165, 1.54) is 14.0 Å². The first-order chi connectivity index (χ1) is 14.2. The normalized spacial score (nSPS) is 22.1. The Morgan fingerprint density at radius 3 is 2.43 bits per heavy atom. The number of ether oxygens (including phenoxy) is 3. The number of esters is 1. The van der Waals surface area contributed by atoms with Crippen molar-refractivity contribution < 1.29 is 37.0 Å². The number of fused-ring (bicyclic) bond motifs is 1. The molecule has 3 rings (SSSR count). The van der Waals surface area contributed by atoms with Crippen molar-refractivity contribution in [2.45, 2.75) is 24.9 Å². The Balaban J connectivity index is 1.88. The summed E-state index contributed by atoms with van der Waals surface area (Å²) in [7, 11) is -1.05. The molecule has 2 aliphatic rings. The zero-order valence-corrected chi connectivity index (χ0v) is 17.5. The van der Waals surface area contributed by atoms with E-state index in [1.807, 2.05) is 0 Å². The number of amides is 2. The Kier molecular flexibility index (Phi) is 6.13. The van der Waals surface area contributed by atoms with E-state index in [0.29, 0.717) is 5.75 Å². The van der Waals surface area contributed by atoms with Gasteiger partial charge in [-0.1, -0.05) is 12.1 Å². The average molecular weight is 438 g/mol. The first-order valence-electron chi connectivity index (χ1n) is 9.03. The molecule has 2 aliphatic heterocycles. The number of hydrogen-bond donors (Lipinski definition) is 1. The zero-order valence-electron chi connectivity index (χ0n) is 16.7. The highest BCUT2D eigenvalue weighted by Crippen LogP contribution is 2.38. The first-order valence-corrected chi connectivity index (χ1v) is 10.7. The average Bonchev–Trinajstić information content (AvgIpc) is 2.71. The third kappa shape index (κ3) is 4.03. The molecular weight excluding hydrogens is 416 g/mol. The van der Waals surface area contributed by atoms with Crippen molar-refractivity contribution in [1.29, 1.82) is 0 Å². The van der Waals surface area contributed by atoms with Gasteiger partial charge in [0.15, 0.2) is 21.3 Å². The number of benzene rings is 1. The highest BCUT2D eigenvalue weighted by molar-refractivity contribution is 7.92. The zero-order chi connectivity index (χ0) is 22.1. The van der Waals surface area contributed by atoms with E-state index in [1.54, 1.807) is 31.4 Å². The summed E-state index contributed by atoms with van der Waals surface area (Å²) in [6.07, 6.45) is -1.17. The SMILES string of the molecule is COc1ccc(CNC(=O)C2=C(COC(C)=O)CS(=O)(=O)[C@@H]3[C@@H](OC)C(=O)N23)cc1. The van der Waals surface area contributed by atoms with Gasteiger partial charge in [-0.2, -0.15) is 0 Å². The summed E-state index contributed by atoms with van der Waals surface area (Å²) >= 11 is 0. The lowest BCUT2D eigenvalue weighted by Gasteiger charge is -2.48. The number of methoxy groups -OCH3 is 2. The maximum atomic E-state index is 12.9. The van der Waals surface area contributed by atoms with Crippen molar-refractivity contribution in [3.05, 3.63) is 41.1 Å². The highest BCUT2D eigenvalue weighted by atomic mass is 32.2. The van der Waals surface area contributed by atoms with Gasteiger partial charge in [0, 0.05) is 26.2 Å². The molecule has 0 aliphatic carbocycles. The summed E-state index contributed by atoms with van der Waals surface area (Å²) < 4.78 is 40.3. The third-order valence-corrected chi connectivity index (χ3v) is 6.79. The minimum atomic E-state index is -3.82. The van der Waals surface area contributed by atoms with E-state index >= 15 is 0 Å². The van der Waals surface area contributed by atoms with Crippen molar-refractivity contribution >= 4 is 27.6 Å². The molecule has 11 heteroatoms. The second-order valence-electron chi connectivity index (χ2n) is 6.83. The minimum absolute atomic E-state index is 0.0385. The van der Waals surface area contributed by atoms with Crippen LogP contribution in [0.25, 0.3) is 0 Å². The van der Waals surface area contributed by atoms with E-state index in [9.17, 15) is 22.8 Å². The largest absolute Gasteiger partial charge is 0.497 e. The standard InChI is InChI=1S/C19H22N2O8S/c1-11(22)29-9-13-10-30(25,26)19-16(28-3)18(24)21(19)15(13)17(23)20-8-12-4-6-14(27-2)7-5-12/h4-7,16,19H,8-10H2,1-3H3,(H,20,23)/t16-,19+/m0/s1. The quantitative estimate of drug-likeness (QED) is 0.456. The lowest BCUT2D eigenvalue weighted by molar-refractivity contribution is -0.160. The van der Waals surface area contributed by atoms with Crippen LogP contribution in [0.15, 0.2) is 35.5 Å². The molecule has 1 saturated heterocycles. The number of carbonyl (C=O) groups excluding carboxylic acids is 3. The topological polar surface area (TPSA) is 128 Å². The molecule has 30 heavy (non-hydrogen) atoms. The molecule has 10 nitrogen and oxygen atoms in total. The molecule has 0 radical (unpaired) electrons. The first kappa shape index (κ1) is 21.8. The minimum Gasteiger partial charge on any atom is -0.497 e. The monoisotopic (exact) mass is 438 g/mol. The maximum absolute atomic E-state index is 12.9. The summed E-state index contributed by atoms with van der Waals surface area (Å²) in [5.41, 5.74) is 0.690. The highest BCUT2D eigenvalue weighted by Gasteiger charge is 2.60. The van der Waals surface area contributed by atoms with Crippen LogP contribution in [-0.4, -0.2) is 69.2 Å². The van der Waals surface area contributed by atoms with Gasteiger partial charge >= 0.3 is 5.97 Å². The number of rotatable bonds is 7. The predicted molar refractivity (Wildman–Crippen MR) is 104 cm³/mol. The van der Waals surface area contributed by atoms with Crippen LogP contribution in [0.5, 0.6) is 5.75 Å². The molecular formula is C19H22N2O8S. The fourth-order valence-corrected chi connectivity index (χ4v) is 5.40. The molecule has 0 aromatic heterocycles. The molecule has 0 spiro atoms. The maximum Gasteiger partial charge on any atom is 0.302 e. The molecule has 0 bridgehead atoms. The Morgan fingerprint density at radius 2 is 1.87 bits per heavy atom. The van der Waals surface area contributed by atoms with E-state index in [-0.39, 0.29) is 17.8 Å². The fourth-order valence-electron chi connectivity index (χ4n) is 3.39. The van der Waals surface area contributed by atoms with Crippen molar-refractivity contribution in [2.75, 3.05) is 26.6 Å². The molecule has 2 atom stereocenters. The molecule has 1 aromatic rings. The molecule has 1 N–H and O–H groups in total. The Labute approximate surface area is 173 Å². The molecule has 1 aromatic carbocycles. The van der Waals surface area contributed by atoms with Crippen LogP contribution < -0.4 is 10.1 Å². The van der Waals surface area contributed by atoms with Crippen LogP contribution in [0, 0.1) is 0 Å². The number of carbonyl (C=O) groups is 3. The van der Waals surface area contributed by atoms with E-state index in [2.05, 4.69) is 5.32 Å². The van der Waals surface area contributed by atoms with E-state index < -0.39 is 51.5 Å². The van der Waals surface area contributed by atoms with Crippen molar-refractivity contribution in [3.8, 4) is 5.75 Å². The number of β-lactam (4-membered cyclic amide) rings is 1. The predicted octanol–water partition coefficient (Wildman–Crippen LogP) is -0.260. The second kappa shape index (κ2) is 8.44. The fraction of sp³-hybridized carbons (Fsp3) is 0.421. The van der Waals surface area contributed by atoms with Crippen molar-refractivity contribution in [3.63, 3.8) is 0 Å². The van der Waals surface area contributed by atoms with Gasteiger partial charge in [0.1, 0.15) is 18.1 Å². The van der Waals surface area contributed by atoms with E-state index in [4.69, 9.17) is 14.2 Å². The van der Waals surface area contributed by atoms with E-state index in [0.717, 1.165) is 10.5 Å². The van der Waals surface area contributed by atoms with Gasteiger partial charge in [-0.25, -0.2) is 8.42 Å². The molecule has 0 saturated carbocycles. The molecule has 2 heterocycles.